The minimum Gasteiger partial charge on any atom is -0.495 e. The standard InChI is InChI=1S/C24H23ClN2O3S/c1-16-12-21(22(30-2)14-20(16)25)27-24(29)15-31-19-10-8-18(9-11-19)26-23(28)13-17-6-4-3-5-7-17/h3-12,14H,13,15H2,1-2H3,(H,26,28)(H,27,29). The molecule has 0 aliphatic rings. The van der Waals surface area contributed by atoms with E-state index in [2.05, 4.69) is 10.6 Å². The maximum Gasteiger partial charge on any atom is 0.234 e. The van der Waals surface area contributed by atoms with Gasteiger partial charge in [0, 0.05) is 21.7 Å². The highest BCUT2D eigenvalue weighted by Gasteiger charge is 2.11. The van der Waals surface area contributed by atoms with E-state index in [1.807, 2.05) is 61.5 Å². The number of rotatable bonds is 8. The van der Waals surface area contributed by atoms with Gasteiger partial charge in [-0.15, -0.1) is 11.8 Å². The molecule has 0 bridgehead atoms. The second-order valence-corrected chi connectivity index (χ2v) is 8.33. The fourth-order valence-corrected chi connectivity index (χ4v) is 3.74. The molecule has 0 atom stereocenters. The molecular weight excluding hydrogens is 432 g/mol. The summed E-state index contributed by atoms with van der Waals surface area (Å²) < 4.78 is 5.29. The lowest BCUT2D eigenvalue weighted by molar-refractivity contribution is -0.115. The predicted molar refractivity (Wildman–Crippen MR) is 127 cm³/mol. The van der Waals surface area contributed by atoms with Crippen molar-refractivity contribution in [1.82, 2.24) is 0 Å². The molecule has 7 heteroatoms. The van der Waals surface area contributed by atoms with Crippen molar-refractivity contribution in [3.8, 4) is 5.75 Å². The summed E-state index contributed by atoms with van der Waals surface area (Å²) in [6.45, 7) is 1.87. The molecule has 0 saturated carbocycles. The number of hydrogen-bond acceptors (Lipinski definition) is 4. The summed E-state index contributed by atoms with van der Waals surface area (Å²) in [5.41, 5.74) is 3.13. The highest BCUT2D eigenvalue weighted by Crippen LogP contribution is 2.31. The Morgan fingerprint density at radius 2 is 1.68 bits per heavy atom. The topological polar surface area (TPSA) is 67.4 Å². The van der Waals surface area contributed by atoms with Gasteiger partial charge >= 0.3 is 0 Å². The molecule has 0 radical (unpaired) electrons. The van der Waals surface area contributed by atoms with Crippen LogP contribution in [0.5, 0.6) is 5.75 Å². The molecule has 0 unspecified atom stereocenters. The third-order valence-electron chi connectivity index (χ3n) is 4.47. The van der Waals surface area contributed by atoms with E-state index in [9.17, 15) is 9.59 Å². The molecule has 2 amide bonds. The number of carbonyl (C=O) groups excluding carboxylic acids is 2. The fraction of sp³-hybridized carbons (Fsp3) is 0.167. The maximum absolute atomic E-state index is 12.4. The molecule has 3 rings (SSSR count). The fourth-order valence-electron chi connectivity index (χ4n) is 2.89. The molecule has 0 saturated heterocycles. The van der Waals surface area contributed by atoms with Crippen LogP contribution in [0.15, 0.2) is 71.6 Å². The van der Waals surface area contributed by atoms with Gasteiger partial charge in [0.2, 0.25) is 11.8 Å². The minimum absolute atomic E-state index is 0.0711. The number of halogens is 1. The van der Waals surface area contributed by atoms with E-state index in [4.69, 9.17) is 16.3 Å². The van der Waals surface area contributed by atoms with Crippen molar-refractivity contribution in [3.63, 3.8) is 0 Å². The van der Waals surface area contributed by atoms with E-state index in [1.165, 1.54) is 18.9 Å². The van der Waals surface area contributed by atoms with Crippen LogP contribution in [0, 0.1) is 6.92 Å². The van der Waals surface area contributed by atoms with E-state index in [-0.39, 0.29) is 17.6 Å². The molecule has 0 aliphatic heterocycles. The van der Waals surface area contributed by atoms with E-state index >= 15 is 0 Å². The molecule has 3 aromatic rings. The number of aryl methyl sites for hydroxylation is 1. The van der Waals surface area contributed by atoms with Crippen molar-refractivity contribution >= 4 is 46.6 Å². The number of thioether (sulfide) groups is 1. The van der Waals surface area contributed by atoms with E-state index in [0.29, 0.717) is 22.9 Å². The Morgan fingerprint density at radius 1 is 0.968 bits per heavy atom. The summed E-state index contributed by atoms with van der Waals surface area (Å²) in [7, 11) is 1.53. The van der Waals surface area contributed by atoms with Crippen LogP contribution in [-0.4, -0.2) is 24.7 Å². The molecule has 0 heterocycles. The van der Waals surface area contributed by atoms with Crippen LogP contribution in [0.3, 0.4) is 0 Å². The van der Waals surface area contributed by atoms with E-state index in [0.717, 1.165) is 21.7 Å². The molecule has 31 heavy (non-hydrogen) atoms. The average molecular weight is 455 g/mol. The van der Waals surface area contributed by atoms with Gasteiger partial charge in [-0.1, -0.05) is 41.9 Å². The molecule has 0 aliphatic carbocycles. The zero-order valence-electron chi connectivity index (χ0n) is 17.3. The van der Waals surface area contributed by atoms with Crippen LogP contribution in [0.2, 0.25) is 5.02 Å². The molecule has 2 N–H and O–H groups in total. The summed E-state index contributed by atoms with van der Waals surface area (Å²) in [6, 6.07) is 20.5. The largest absolute Gasteiger partial charge is 0.495 e. The quantitative estimate of drug-likeness (QED) is 0.437. The lowest BCUT2D eigenvalue weighted by atomic mass is 10.1. The molecule has 0 aromatic heterocycles. The summed E-state index contributed by atoms with van der Waals surface area (Å²) >= 11 is 7.51. The van der Waals surface area contributed by atoms with Crippen molar-refractivity contribution in [1.29, 1.82) is 0 Å². The Bertz CT molecular complexity index is 1060. The van der Waals surface area contributed by atoms with E-state index in [1.54, 1.807) is 12.1 Å². The summed E-state index contributed by atoms with van der Waals surface area (Å²) in [5.74, 6) is 0.540. The number of methoxy groups -OCH3 is 1. The van der Waals surface area contributed by atoms with Crippen LogP contribution in [-0.2, 0) is 16.0 Å². The van der Waals surface area contributed by atoms with Crippen molar-refractivity contribution in [2.45, 2.75) is 18.2 Å². The Labute approximate surface area is 191 Å². The van der Waals surface area contributed by atoms with Crippen LogP contribution in [0.25, 0.3) is 0 Å². The number of benzene rings is 3. The summed E-state index contributed by atoms with van der Waals surface area (Å²) in [4.78, 5) is 25.4. The van der Waals surface area contributed by atoms with Gasteiger partial charge in [0.05, 0.1) is 25.0 Å². The number of carbonyl (C=O) groups is 2. The maximum atomic E-state index is 12.4. The van der Waals surface area contributed by atoms with Gasteiger partial charge < -0.3 is 15.4 Å². The van der Waals surface area contributed by atoms with Crippen LogP contribution < -0.4 is 15.4 Å². The average Bonchev–Trinajstić information content (AvgIpc) is 2.76. The van der Waals surface area contributed by atoms with Gasteiger partial charge in [-0.2, -0.15) is 0 Å². The second kappa shape index (κ2) is 10.9. The van der Waals surface area contributed by atoms with Crippen LogP contribution in [0.1, 0.15) is 11.1 Å². The number of anilines is 2. The zero-order valence-corrected chi connectivity index (χ0v) is 18.8. The molecule has 0 spiro atoms. The van der Waals surface area contributed by atoms with Gasteiger partial charge in [-0.25, -0.2) is 0 Å². The monoisotopic (exact) mass is 454 g/mol. The first-order valence-corrected chi connectivity index (χ1v) is 11.0. The summed E-state index contributed by atoms with van der Waals surface area (Å²) in [5, 5.41) is 6.33. The number of nitrogens with one attached hydrogen (secondary N) is 2. The first-order chi connectivity index (χ1) is 14.9. The second-order valence-electron chi connectivity index (χ2n) is 6.87. The van der Waals surface area contributed by atoms with Crippen LogP contribution >= 0.6 is 23.4 Å². The van der Waals surface area contributed by atoms with Crippen molar-refractivity contribution in [2.75, 3.05) is 23.5 Å². The van der Waals surface area contributed by atoms with Crippen molar-refractivity contribution in [2.24, 2.45) is 0 Å². The van der Waals surface area contributed by atoms with Gasteiger partial charge in [0.15, 0.2) is 0 Å². The van der Waals surface area contributed by atoms with Crippen molar-refractivity contribution < 1.29 is 14.3 Å². The highest BCUT2D eigenvalue weighted by molar-refractivity contribution is 8.00. The number of amides is 2. The van der Waals surface area contributed by atoms with E-state index < -0.39 is 0 Å². The Hall–Kier alpha value is -2.96. The molecule has 0 fully saturated rings. The molecular formula is C24H23ClN2O3S. The molecule has 3 aromatic carbocycles. The smallest absolute Gasteiger partial charge is 0.234 e. The zero-order chi connectivity index (χ0) is 22.2. The third-order valence-corrected chi connectivity index (χ3v) is 5.89. The molecule has 160 valence electrons. The van der Waals surface area contributed by atoms with Gasteiger partial charge in [0.25, 0.3) is 0 Å². The lowest BCUT2D eigenvalue weighted by Crippen LogP contribution is -2.15. The first-order valence-electron chi connectivity index (χ1n) is 9.65. The number of hydrogen-bond donors (Lipinski definition) is 2. The Morgan fingerprint density at radius 3 is 2.35 bits per heavy atom. The normalized spacial score (nSPS) is 10.4. The first kappa shape index (κ1) is 22.7. The van der Waals surface area contributed by atoms with Crippen molar-refractivity contribution in [3.05, 3.63) is 82.9 Å². The highest BCUT2D eigenvalue weighted by atomic mass is 35.5. The number of ether oxygens (including phenoxy) is 1. The van der Waals surface area contributed by atoms with Crippen LogP contribution in [0.4, 0.5) is 11.4 Å². The van der Waals surface area contributed by atoms with Gasteiger partial charge in [0.1, 0.15) is 5.75 Å². The summed E-state index contributed by atoms with van der Waals surface area (Å²) in [6.07, 6.45) is 0.325. The lowest BCUT2D eigenvalue weighted by Gasteiger charge is -2.12. The Balaban J connectivity index is 1.50. The van der Waals surface area contributed by atoms with Gasteiger partial charge in [-0.3, -0.25) is 9.59 Å². The Kier molecular flexibility index (Phi) is 7.98. The molecule has 5 nitrogen and oxygen atoms in total. The predicted octanol–water partition coefficient (Wildman–Crippen LogP) is 5.57. The third kappa shape index (κ3) is 6.77. The minimum atomic E-state index is -0.148. The van der Waals surface area contributed by atoms with Gasteiger partial charge in [-0.05, 0) is 48.4 Å². The SMILES string of the molecule is COc1cc(Cl)c(C)cc1NC(=O)CSc1ccc(NC(=O)Cc2ccccc2)cc1.